The molecule has 0 spiro atoms. The molecule has 1 aromatic carbocycles. The Kier molecular flexibility index (Phi) is 4.62. The molecule has 146 valence electrons. The third kappa shape index (κ3) is 3.04. The van der Waals surface area contributed by atoms with E-state index in [4.69, 9.17) is 9.47 Å². The summed E-state index contributed by atoms with van der Waals surface area (Å²) in [5.41, 5.74) is 0.451. The van der Waals surface area contributed by atoms with Crippen molar-refractivity contribution < 1.29 is 28.7 Å². The van der Waals surface area contributed by atoms with Gasteiger partial charge in [0.15, 0.2) is 6.61 Å². The van der Waals surface area contributed by atoms with E-state index >= 15 is 0 Å². The van der Waals surface area contributed by atoms with Crippen LogP contribution in [0, 0.1) is 23.7 Å². The smallest absolute Gasteiger partial charge is 0.326 e. The number of nitrogens with zero attached hydrogens (tertiary/aromatic N) is 1. The Bertz CT molecular complexity index is 849. The second-order valence-corrected chi connectivity index (χ2v) is 7.17. The molecule has 8 nitrogen and oxygen atoms in total. The molecule has 0 radical (unpaired) electrons. The highest BCUT2D eigenvalue weighted by molar-refractivity contribution is 6.08. The Morgan fingerprint density at radius 1 is 1.11 bits per heavy atom. The van der Waals surface area contributed by atoms with E-state index in [9.17, 15) is 19.2 Å². The molecule has 2 fully saturated rings. The van der Waals surface area contributed by atoms with Crippen molar-refractivity contribution in [1.29, 1.82) is 0 Å². The third-order valence-electron chi connectivity index (χ3n) is 5.59. The van der Waals surface area contributed by atoms with Crippen LogP contribution in [0.2, 0.25) is 0 Å². The first-order chi connectivity index (χ1) is 13.5. The predicted octanol–water partition coefficient (Wildman–Crippen LogP) is 0.984. The van der Waals surface area contributed by atoms with Gasteiger partial charge in [-0.25, -0.2) is 0 Å². The van der Waals surface area contributed by atoms with Gasteiger partial charge in [-0.05, 0) is 30.4 Å². The molecule has 1 saturated carbocycles. The SMILES string of the molecule is COc1ccccc1NC(=O)COC(=O)CN1C(=O)[C@@H]2[C@H](C1=O)[C@H]1C=C[C@H]2C1. The lowest BCUT2D eigenvalue weighted by atomic mass is 9.85. The molecule has 4 atom stereocenters. The number of rotatable bonds is 6. The van der Waals surface area contributed by atoms with E-state index in [-0.39, 0.29) is 35.5 Å². The van der Waals surface area contributed by atoms with Crippen molar-refractivity contribution in [2.45, 2.75) is 6.42 Å². The minimum Gasteiger partial charge on any atom is -0.495 e. The zero-order chi connectivity index (χ0) is 19.8. The van der Waals surface area contributed by atoms with Crippen molar-refractivity contribution in [2.75, 3.05) is 25.6 Å². The molecule has 3 amide bonds. The van der Waals surface area contributed by atoms with Crippen molar-refractivity contribution in [3.63, 3.8) is 0 Å². The average molecular weight is 384 g/mol. The zero-order valence-corrected chi connectivity index (χ0v) is 15.3. The van der Waals surface area contributed by atoms with E-state index in [0.717, 1.165) is 11.3 Å². The van der Waals surface area contributed by atoms with Crippen LogP contribution < -0.4 is 10.1 Å². The quantitative estimate of drug-likeness (QED) is 0.446. The maximum Gasteiger partial charge on any atom is 0.326 e. The fourth-order valence-electron chi connectivity index (χ4n) is 4.37. The van der Waals surface area contributed by atoms with Crippen LogP contribution >= 0.6 is 0 Å². The number of ether oxygens (including phenoxy) is 2. The van der Waals surface area contributed by atoms with Gasteiger partial charge in [-0.1, -0.05) is 24.3 Å². The Morgan fingerprint density at radius 3 is 2.39 bits per heavy atom. The monoisotopic (exact) mass is 384 g/mol. The number of carbonyl (C=O) groups is 4. The Balaban J connectivity index is 1.30. The number of benzene rings is 1. The summed E-state index contributed by atoms with van der Waals surface area (Å²) in [5, 5.41) is 2.58. The molecule has 1 saturated heterocycles. The van der Waals surface area contributed by atoms with E-state index in [1.165, 1.54) is 7.11 Å². The van der Waals surface area contributed by atoms with E-state index in [2.05, 4.69) is 5.32 Å². The van der Waals surface area contributed by atoms with E-state index in [0.29, 0.717) is 11.4 Å². The van der Waals surface area contributed by atoms with Gasteiger partial charge in [-0.3, -0.25) is 24.1 Å². The van der Waals surface area contributed by atoms with Gasteiger partial charge in [-0.2, -0.15) is 0 Å². The minimum absolute atomic E-state index is 0.0825. The van der Waals surface area contributed by atoms with Crippen LogP contribution in [0.1, 0.15) is 6.42 Å². The predicted molar refractivity (Wildman–Crippen MR) is 97.0 cm³/mol. The largest absolute Gasteiger partial charge is 0.495 e. The van der Waals surface area contributed by atoms with E-state index in [1.54, 1.807) is 24.3 Å². The topological polar surface area (TPSA) is 102 Å². The minimum atomic E-state index is -0.794. The van der Waals surface area contributed by atoms with Crippen molar-refractivity contribution in [3.05, 3.63) is 36.4 Å². The highest BCUT2D eigenvalue weighted by Gasteiger charge is 2.59. The Hall–Kier alpha value is -3.16. The van der Waals surface area contributed by atoms with Crippen molar-refractivity contribution in [3.8, 4) is 5.75 Å². The number of imide groups is 1. The summed E-state index contributed by atoms with van der Waals surface area (Å²) in [7, 11) is 1.48. The molecule has 28 heavy (non-hydrogen) atoms. The molecule has 0 aromatic heterocycles. The van der Waals surface area contributed by atoms with E-state index in [1.807, 2.05) is 12.2 Å². The van der Waals surface area contributed by atoms with Crippen LogP contribution in [0.25, 0.3) is 0 Å². The average Bonchev–Trinajstić information content (AvgIpc) is 3.37. The lowest BCUT2D eigenvalue weighted by Crippen LogP contribution is -2.38. The number of methoxy groups -OCH3 is 1. The van der Waals surface area contributed by atoms with Crippen LogP contribution in [0.5, 0.6) is 5.75 Å². The molecule has 1 heterocycles. The zero-order valence-electron chi connectivity index (χ0n) is 15.3. The van der Waals surface area contributed by atoms with Gasteiger partial charge in [0.2, 0.25) is 11.8 Å². The molecule has 4 rings (SSSR count). The molecule has 8 heteroatoms. The number of allylic oxidation sites excluding steroid dienone is 2. The first-order valence-electron chi connectivity index (χ1n) is 9.11. The molecule has 1 aromatic rings. The number of amides is 3. The van der Waals surface area contributed by atoms with Crippen LogP contribution in [-0.4, -0.2) is 48.9 Å². The molecular formula is C20H20N2O6. The lowest BCUT2D eigenvalue weighted by Gasteiger charge is -2.16. The van der Waals surface area contributed by atoms with Gasteiger partial charge in [0.25, 0.3) is 5.91 Å². The van der Waals surface area contributed by atoms with Crippen LogP contribution in [0.15, 0.2) is 36.4 Å². The number of likely N-dealkylation sites (tertiary alicyclic amines) is 1. The van der Waals surface area contributed by atoms with Crippen LogP contribution in [-0.2, 0) is 23.9 Å². The highest BCUT2D eigenvalue weighted by atomic mass is 16.5. The first kappa shape index (κ1) is 18.2. The normalized spacial score (nSPS) is 27.1. The maximum atomic E-state index is 12.5. The second kappa shape index (κ2) is 7.10. The number of nitrogens with one attached hydrogen (secondary N) is 1. The summed E-state index contributed by atoms with van der Waals surface area (Å²) >= 11 is 0. The summed E-state index contributed by atoms with van der Waals surface area (Å²) in [6, 6.07) is 6.83. The van der Waals surface area contributed by atoms with Gasteiger partial charge >= 0.3 is 5.97 Å². The summed E-state index contributed by atoms with van der Waals surface area (Å²) in [5.74, 6) is -2.05. The number of para-hydroxylation sites is 2. The molecule has 1 aliphatic heterocycles. The van der Waals surface area contributed by atoms with Gasteiger partial charge < -0.3 is 14.8 Å². The van der Waals surface area contributed by atoms with Gasteiger partial charge in [0.1, 0.15) is 12.3 Å². The van der Waals surface area contributed by atoms with Gasteiger partial charge in [-0.15, -0.1) is 0 Å². The fourth-order valence-corrected chi connectivity index (χ4v) is 4.37. The van der Waals surface area contributed by atoms with Crippen molar-refractivity contribution >= 4 is 29.4 Å². The number of carbonyl (C=O) groups excluding carboxylic acids is 4. The number of esters is 1. The van der Waals surface area contributed by atoms with Crippen molar-refractivity contribution in [1.82, 2.24) is 4.90 Å². The Morgan fingerprint density at radius 2 is 1.75 bits per heavy atom. The number of hydrogen-bond donors (Lipinski definition) is 1. The first-order valence-corrected chi connectivity index (χ1v) is 9.11. The standard InChI is InChI=1S/C20H20N2O6/c1-27-14-5-3-2-4-13(14)21-15(23)10-28-16(24)9-22-19(25)17-11-6-7-12(8-11)18(17)20(22)26/h2-7,11-12,17-18H,8-10H2,1H3,(H,21,23)/t11-,12-,17-,18+/m0/s1. The Labute approximate surface area is 161 Å². The fraction of sp³-hybridized carbons (Fsp3) is 0.400. The number of fused-ring (bicyclic) bond motifs is 5. The summed E-state index contributed by atoms with van der Waals surface area (Å²) in [6.07, 6.45) is 4.80. The third-order valence-corrected chi connectivity index (χ3v) is 5.59. The van der Waals surface area contributed by atoms with Gasteiger partial charge in [0, 0.05) is 0 Å². The molecule has 3 aliphatic rings. The summed E-state index contributed by atoms with van der Waals surface area (Å²) in [6.45, 7) is -0.987. The number of anilines is 1. The maximum absolute atomic E-state index is 12.5. The lowest BCUT2D eigenvalue weighted by molar-refractivity contribution is -0.154. The molecular weight excluding hydrogens is 364 g/mol. The second-order valence-electron chi connectivity index (χ2n) is 7.17. The number of hydrogen-bond acceptors (Lipinski definition) is 6. The molecule has 1 N–H and O–H groups in total. The van der Waals surface area contributed by atoms with Crippen LogP contribution in [0.4, 0.5) is 5.69 Å². The highest BCUT2D eigenvalue weighted by Crippen LogP contribution is 2.52. The molecule has 2 aliphatic carbocycles. The van der Waals surface area contributed by atoms with Crippen molar-refractivity contribution in [2.24, 2.45) is 23.7 Å². The van der Waals surface area contributed by atoms with E-state index < -0.39 is 25.0 Å². The molecule has 0 unspecified atom stereocenters. The molecule has 2 bridgehead atoms. The van der Waals surface area contributed by atoms with Crippen LogP contribution in [0.3, 0.4) is 0 Å². The van der Waals surface area contributed by atoms with Gasteiger partial charge in [0.05, 0.1) is 24.6 Å². The summed E-state index contributed by atoms with van der Waals surface area (Å²) in [4.78, 5) is 50.1. The summed E-state index contributed by atoms with van der Waals surface area (Å²) < 4.78 is 10.1.